The number of nitrogens with zero attached hydrogens (tertiary/aromatic N) is 2. The van der Waals surface area contributed by atoms with Gasteiger partial charge in [0.1, 0.15) is 0 Å². The van der Waals surface area contributed by atoms with E-state index in [9.17, 15) is 8.78 Å². The van der Waals surface area contributed by atoms with E-state index in [0.717, 1.165) is 51.5 Å². The minimum atomic E-state index is -2.24. The summed E-state index contributed by atoms with van der Waals surface area (Å²) in [7, 11) is 0. The molecule has 1 saturated heterocycles. The minimum absolute atomic E-state index is 0.107. The van der Waals surface area contributed by atoms with Gasteiger partial charge in [-0.1, -0.05) is 12.8 Å². The highest BCUT2D eigenvalue weighted by molar-refractivity contribution is 5.80. The quantitative estimate of drug-likeness (QED) is 0.522. The number of rotatable bonds is 7. The molecule has 5 nitrogen and oxygen atoms in total. The summed E-state index contributed by atoms with van der Waals surface area (Å²) in [5.74, 6) is 0.885. The van der Waals surface area contributed by atoms with Gasteiger partial charge in [-0.05, 0) is 46.0 Å². The van der Waals surface area contributed by atoms with Crippen LogP contribution in [0.25, 0.3) is 0 Å². The van der Waals surface area contributed by atoms with Crippen molar-refractivity contribution >= 4 is 5.96 Å². The molecule has 1 aliphatic heterocycles. The molecule has 2 atom stereocenters. The van der Waals surface area contributed by atoms with Crippen molar-refractivity contribution in [1.29, 1.82) is 0 Å². The molecule has 2 unspecified atom stereocenters. The van der Waals surface area contributed by atoms with Crippen LogP contribution in [-0.4, -0.2) is 68.3 Å². The Bertz CT molecular complexity index is 488. The van der Waals surface area contributed by atoms with Gasteiger partial charge in [0.15, 0.2) is 5.96 Å². The van der Waals surface area contributed by atoms with Crippen LogP contribution >= 0.6 is 0 Å². The molecule has 3 fully saturated rings. The van der Waals surface area contributed by atoms with Gasteiger partial charge in [0, 0.05) is 43.7 Å². The van der Waals surface area contributed by atoms with E-state index in [1.807, 2.05) is 11.8 Å². The molecule has 1 spiro atoms. The van der Waals surface area contributed by atoms with Gasteiger partial charge in [0.05, 0.1) is 12.6 Å². The maximum atomic E-state index is 12.6. The van der Waals surface area contributed by atoms with Crippen LogP contribution in [0.5, 0.6) is 0 Å². The first-order chi connectivity index (χ1) is 13.1. The van der Waals surface area contributed by atoms with Crippen LogP contribution in [0.1, 0.15) is 58.8 Å². The molecular formula is C20H36F2N4O. The van der Waals surface area contributed by atoms with Crippen LogP contribution in [0.15, 0.2) is 4.99 Å². The van der Waals surface area contributed by atoms with Crippen molar-refractivity contribution in [3.63, 3.8) is 0 Å². The fourth-order valence-corrected chi connectivity index (χ4v) is 5.19. The van der Waals surface area contributed by atoms with Gasteiger partial charge >= 0.3 is 0 Å². The smallest absolute Gasteiger partial charge is 0.251 e. The molecule has 1 heterocycles. The number of alkyl halides is 2. The van der Waals surface area contributed by atoms with E-state index in [4.69, 9.17) is 4.74 Å². The van der Waals surface area contributed by atoms with Crippen molar-refractivity contribution in [2.24, 2.45) is 10.4 Å². The first-order valence-electron chi connectivity index (χ1n) is 10.8. The third-order valence-corrected chi connectivity index (χ3v) is 6.64. The van der Waals surface area contributed by atoms with Gasteiger partial charge < -0.3 is 15.4 Å². The lowest BCUT2D eigenvalue weighted by Gasteiger charge is -2.54. The molecule has 2 saturated carbocycles. The Morgan fingerprint density at radius 1 is 1.19 bits per heavy atom. The van der Waals surface area contributed by atoms with Crippen molar-refractivity contribution < 1.29 is 13.5 Å². The summed E-state index contributed by atoms with van der Waals surface area (Å²) in [6, 6.07) is 0.729. The summed E-state index contributed by atoms with van der Waals surface area (Å²) in [5.41, 5.74) is 0.271. The van der Waals surface area contributed by atoms with Gasteiger partial charge in [-0.15, -0.1) is 0 Å². The standard InChI is InChI=1S/C20H36F2N4O/c1-3-23-19(24-15-7-11-26(12-8-15)14-18(21)22)25-16-13-17(27-4-2)20(16)9-5-6-10-20/h15-18H,3-14H2,1-2H3,(H2,23,24,25). The maximum absolute atomic E-state index is 12.6. The lowest BCUT2D eigenvalue weighted by atomic mass is 9.60. The Kier molecular flexibility index (Phi) is 7.31. The van der Waals surface area contributed by atoms with Gasteiger partial charge in [-0.25, -0.2) is 8.78 Å². The number of piperidine rings is 1. The number of nitrogens with one attached hydrogen (secondary N) is 2. The Balaban J connectivity index is 1.52. The second-order valence-corrected chi connectivity index (χ2v) is 8.25. The van der Waals surface area contributed by atoms with Crippen LogP contribution in [-0.2, 0) is 4.74 Å². The molecule has 2 N–H and O–H groups in total. The largest absolute Gasteiger partial charge is 0.378 e. The highest BCUT2D eigenvalue weighted by atomic mass is 19.3. The van der Waals surface area contributed by atoms with E-state index in [0.29, 0.717) is 18.2 Å². The summed E-state index contributed by atoms with van der Waals surface area (Å²) in [6.45, 7) is 6.98. The predicted molar refractivity (Wildman–Crippen MR) is 104 cm³/mol. The molecule has 0 amide bonds. The first kappa shape index (κ1) is 20.8. The van der Waals surface area contributed by atoms with Gasteiger partial charge in [-0.2, -0.15) is 0 Å². The van der Waals surface area contributed by atoms with E-state index in [2.05, 4.69) is 22.5 Å². The molecule has 0 aromatic heterocycles. The fourth-order valence-electron chi connectivity index (χ4n) is 5.19. The monoisotopic (exact) mass is 386 g/mol. The van der Waals surface area contributed by atoms with Crippen LogP contribution in [0, 0.1) is 5.41 Å². The molecule has 156 valence electrons. The second-order valence-electron chi connectivity index (χ2n) is 8.25. The van der Waals surface area contributed by atoms with Crippen LogP contribution < -0.4 is 10.6 Å². The minimum Gasteiger partial charge on any atom is -0.378 e. The van der Waals surface area contributed by atoms with E-state index in [1.54, 1.807) is 0 Å². The van der Waals surface area contributed by atoms with Crippen molar-refractivity contribution in [3.8, 4) is 0 Å². The third kappa shape index (κ3) is 4.91. The molecular weight excluding hydrogens is 350 g/mol. The van der Waals surface area contributed by atoms with Crippen molar-refractivity contribution in [1.82, 2.24) is 15.5 Å². The highest BCUT2D eigenvalue weighted by Gasteiger charge is 2.57. The fraction of sp³-hybridized carbons (Fsp3) is 0.950. The molecule has 0 bridgehead atoms. The number of aliphatic imine (C=N–C) groups is 1. The normalized spacial score (nSPS) is 29.3. The number of likely N-dealkylation sites (tertiary alicyclic amines) is 1. The number of hydrogen-bond acceptors (Lipinski definition) is 3. The summed E-state index contributed by atoms with van der Waals surface area (Å²) in [4.78, 5) is 6.51. The van der Waals surface area contributed by atoms with Gasteiger partial charge in [0.2, 0.25) is 0 Å². The number of guanidine groups is 1. The average molecular weight is 387 g/mol. The van der Waals surface area contributed by atoms with Crippen LogP contribution in [0.3, 0.4) is 0 Å². The maximum Gasteiger partial charge on any atom is 0.251 e. The molecule has 27 heavy (non-hydrogen) atoms. The lowest BCUT2D eigenvalue weighted by molar-refractivity contribution is -0.125. The van der Waals surface area contributed by atoms with E-state index >= 15 is 0 Å². The van der Waals surface area contributed by atoms with E-state index < -0.39 is 6.43 Å². The Morgan fingerprint density at radius 3 is 2.48 bits per heavy atom. The SMILES string of the molecule is CCN=C(NC1CCN(CC(F)F)CC1)NC1CC(OCC)C12CCCC2. The zero-order valence-corrected chi connectivity index (χ0v) is 16.9. The third-order valence-electron chi connectivity index (χ3n) is 6.64. The summed E-state index contributed by atoms with van der Waals surface area (Å²) >= 11 is 0. The first-order valence-corrected chi connectivity index (χ1v) is 10.8. The molecule has 2 aliphatic carbocycles. The summed E-state index contributed by atoms with van der Waals surface area (Å²) in [5, 5.41) is 7.26. The molecule has 3 rings (SSSR count). The van der Waals surface area contributed by atoms with E-state index in [1.165, 1.54) is 25.7 Å². The van der Waals surface area contributed by atoms with Gasteiger partial charge in [-0.3, -0.25) is 9.89 Å². The van der Waals surface area contributed by atoms with Crippen LogP contribution in [0.2, 0.25) is 0 Å². The zero-order valence-electron chi connectivity index (χ0n) is 16.9. The highest BCUT2D eigenvalue weighted by Crippen LogP contribution is 2.54. The van der Waals surface area contributed by atoms with Crippen molar-refractivity contribution in [3.05, 3.63) is 0 Å². The summed E-state index contributed by atoms with van der Waals surface area (Å²) in [6.07, 6.45) is 6.00. The van der Waals surface area contributed by atoms with E-state index in [-0.39, 0.29) is 12.0 Å². The topological polar surface area (TPSA) is 48.9 Å². The zero-order chi connectivity index (χ0) is 19.3. The van der Waals surface area contributed by atoms with Crippen molar-refractivity contribution in [2.75, 3.05) is 32.8 Å². The molecule has 3 aliphatic rings. The molecule has 7 heteroatoms. The number of halogens is 2. The summed E-state index contributed by atoms with van der Waals surface area (Å²) < 4.78 is 31.1. The Morgan fingerprint density at radius 2 is 1.89 bits per heavy atom. The number of hydrogen-bond donors (Lipinski definition) is 2. The molecule has 0 aromatic rings. The van der Waals surface area contributed by atoms with Crippen molar-refractivity contribution in [2.45, 2.75) is 83.4 Å². The average Bonchev–Trinajstić information content (AvgIpc) is 3.15. The predicted octanol–water partition coefficient (Wildman–Crippen LogP) is 3.01. The Labute approximate surface area is 162 Å². The van der Waals surface area contributed by atoms with Crippen LogP contribution in [0.4, 0.5) is 8.78 Å². The Hall–Kier alpha value is -0.950. The van der Waals surface area contributed by atoms with Gasteiger partial charge in [0.25, 0.3) is 6.43 Å². The second kappa shape index (κ2) is 9.50. The number of ether oxygens (including phenoxy) is 1. The molecule has 0 aromatic carbocycles. The molecule has 0 radical (unpaired) electrons. The lowest BCUT2D eigenvalue weighted by Crippen LogP contribution is -2.65.